The van der Waals surface area contributed by atoms with Gasteiger partial charge in [-0.3, -0.25) is 14.5 Å². The summed E-state index contributed by atoms with van der Waals surface area (Å²) < 4.78 is 5.46. The number of imide groups is 1. The number of ether oxygens (including phenoxy) is 1. The minimum absolute atomic E-state index is 0.00399. The third-order valence-corrected chi connectivity index (χ3v) is 7.08. The van der Waals surface area contributed by atoms with Crippen molar-refractivity contribution in [3.05, 3.63) is 29.8 Å². The van der Waals surface area contributed by atoms with Gasteiger partial charge in [0.2, 0.25) is 11.8 Å². The van der Waals surface area contributed by atoms with Gasteiger partial charge < -0.3 is 9.64 Å². The second kappa shape index (κ2) is 11.7. The van der Waals surface area contributed by atoms with Gasteiger partial charge in [-0.2, -0.15) is 0 Å². The highest BCUT2D eigenvalue weighted by atomic mass is 16.5. The van der Waals surface area contributed by atoms with Gasteiger partial charge in [0.15, 0.2) is 0 Å². The smallest absolute Gasteiger partial charge is 0.229 e. The maximum atomic E-state index is 12.6. The standard InChI is InChI=1S/C26H40N2O3/c1-3-16-27(18-10-12-22-11-4-5-13-23(22)31-2)17-8-9-19-28-24(29)20-26(21-25(28)30)14-6-7-15-26/h4-5,11,13H,3,6-10,12,14-21H2,1-2H3. The maximum Gasteiger partial charge on any atom is 0.229 e. The molecular weight excluding hydrogens is 388 g/mol. The molecule has 5 nitrogen and oxygen atoms in total. The monoisotopic (exact) mass is 428 g/mol. The van der Waals surface area contributed by atoms with E-state index in [1.807, 2.05) is 12.1 Å². The zero-order valence-electron chi connectivity index (χ0n) is 19.5. The van der Waals surface area contributed by atoms with Crippen LogP contribution in [0.3, 0.4) is 0 Å². The lowest BCUT2D eigenvalue weighted by atomic mass is 9.76. The van der Waals surface area contributed by atoms with Crippen molar-refractivity contribution >= 4 is 11.8 Å². The van der Waals surface area contributed by atoms with E-state index in [-0.39, 0.29) is 17.2 Å². The molecule has 31 heavy (non-hydrogen) atoms. The van der Waals surface area contributed by atoms with Crippen molar-refractivity contribution in [3.8, 4) is 5.75 Å². The number of piperidine rings is 1. The van der Waals surface area contributed by atoms with E-state index in [1.165, 1.54) is 18.4 Å². The highest BCUT2D eigenvalue weighted by Gasteiger charge is 2.44. The zero-order chi connectivity index (χ0) is 22.1. The lowest BCUT2D eigenvalue weighted by Crippen LogP contribution is -2.47. The molecule has 2 amide bonds. The molecule has 0 unspecified atom stereocenters. The van der Waals surface area contributed by atoms with Crippen molar-refractivity contribution in [1.29, 1.82) is 0 Å². The Morgan fingerprint density at radius 1 is 0.968 bits per heavy atom. The van der Waals surface area contributed by atoms with E-state index in [4.69, 9.17) is 4.74 Å². The van der Waals surface area contributed by atoms with Crippen LogP contribution in [0.4, 0.5) is 0 Å². The number of carbonyl (C=O) groups excluding carboxylic acids is 2. The quantitative estimate of drug-likeness (QED) is 0.353. The highest BCUT2D eigenvalue weighted by molar-refractivity contribution is 5.98. The van der Waals surface area contributed by atoms with E-state index in [0.717, 1.165) is 70.3 Å². The molecule has 1 saturated carbocycles. The van der Waals surface area contributed by atoms with E-state index in [9.17, 15) is 9.59 Å². The van der Waals surface area contributed by atoms with Crippen LogP contribution in [-0.4, -0.2) is 54.9 Å². The molecule has 5 heteroatoms. The molecule has 0 N–H and O–H groups in total. The summed E-state index contributed by atoms with van der Waals surface area (Å²) in [5.74, 6) is 1.11. The van der Waals surface area contributed by atoms with Crippen LogP contribution >= 0.6 is 0 Å². The first-order valence-corrected chi connectivity index (χ1v) is 12.2. The highest BCUT2D eigenvalue weighted by Crippen LogP contribution is 2.46. The summed E-state index contributed by atoms with van der Waals surface area (Å²) in [6.07, 6.45) is 10.8. The Bertz CT molecular complexity index is 707. The minimum Gasteiger partial charge on any atom is -0.496 e. The topological polar surface area (TPSA) is 49.9 Å². The molecule has 0 aromatic heterocycles. The third kappa shape index (κ3) is 6.55. The van der Waals surface area contributed by atoms with Gasteiger partial charge in [-0.1, -0.05) is 38.0 Å². The molecule has 2 aliphatic rings. The number of amides is 2. The fraction of sp³-hybridized carbons (Fsp3) is 0.692. The summed E-state index contributed by atoms with van der Waals surface area (Å²) >= 11 is 0. The summed E-state index contributed by atoms with van der Waals surface area (Å²) in [6, 6.07) is 8.25. The summed E-state index contributed by atoms with van der Waals surface area (Å²) in [7, 11) is 1.73. The number of hydrogen-bond donors (Lipinski definition) is 0. The zero-order valence-corrected chi connectivity index (χ0v) is 19.5. The largest absolute Gasteiger partial charge is 0.496 e. The molecule has 1 aliphatic heterocycles. The van der Waals surface area contributed by atoms with Crippen LogP contribution in [0.1, 0.15) is 76.7 Å². The van der Waals surface area contributed by atoms with Crippen LogP contribution in [0.25, 0.3) is 0 Å². The predicted octanol–water partition coefficient (Wildman–Crippen LogP) is 4.83. The molecule has 1 saturated heterocycles. The molecule has 1 aliphatic carbocycles. The summed E-state index contributed by atoms with van der Waals surface area (Å²) in [5, 5.41) is 0. The van der Waals surface area contributed by atoms with Gasteiger partial charge in [0.05, 0.1) is 7.11 Å². The first-order chi connectivity index (χ1) is 15.1. The van der Waals surface area contributed by atoms with Crippen LogP contribution in [0.15, 0.2) is 24.3 Å². The molecule has 0 atom stereocenters. The van der Waals surface area contributed by atoms with Gasteiger partial charge in [-0.25, -0.2) is 0 Å². The number of benzene rings is 1. The van der Waals surface area contributed by atoms with Crippen molar-refractivity contribution in [1.82, 2.24) is 9.80 Å². The Hall–Kier alpha value is -1.88. The van der Waals surface area contributed by atoms with E-state index >= 15 is 0 Å². The number of nitrogens with zero attached hydrogens (tertiary/aromatic N) is 2. The Morgan fingerprint density at radius 2 is 1.65 bits per heavy atom. The van der Waals surface area contributed by atoms with Gasteiger partial charge in [-0.05, 0) is 81.6 Å². The second-order valence-corrected chi connectivity index (χ2v) is 9.46. The van der Waals surface area contributed by atoms with E-state index < -0.39 is 0 Å². The van der Waals surface area contributed by atoms with Crippen LogP contribution in [0.5, 0.6) is 5.75 Å². The van der Waals surface area contributed by atoms with Crippen molar-refractivity contribution in [3.63, 3.8) is 0 Å². The normalized spacial score (nSPS) is 18.4. The Morgan fingerprint density at radius 3 is 2.32 bits per heavy atom. The van der Waals surface area contributed by atoms with E-state index in [0.29, 0.717) is 19.4 Å². The van der Waals surface area contributed by atoms with Gasteiger partial charge in [0.1, 0.15) is 5.75 Å². The minimum atomic E-state index is 0.00399. The SMILES string of the molecule is CCCN(CCCCN1C(=O)CC2(CCCC2)CC1=O)CCCc1ccccc1OC. The van der Waals surface area contributed by atoms with Crippen molar-refractivity contribution in [2.45, 2.75) is 77.6 Å². The first-order valence-electron chi connectivity index (χ1n) is 12.2. The van der Waals surface area contributed by atoms with Crippen molar-refractivity contribution < 1.29 is 14.3 Å². The van der Waals surface area contributed by atoms with Gasteiger partial charge >= 0.3 is 0 Å². The lowest BCUT2D eigenvalue weighted by molar-refractivity contribution is -0.153. The fourth-order valence-electron chi connectivity index (χ4n) is 5.42. The molecule has 1 spiro atoms. The van der Waals surface area contributed by atoms with Crippen LogP contribution < -0.4 is 4.74 Å². The predicted molar refractivity (Wildman–Crippen MR) is 124 cm³/mol. The van der Waals surface area contributed by atoms with Crippen molar-refractivity contribution in [2.75, 3.05) is 33.3 Å². The van der Waals surface area contributed by atoms with Crippen molar-refractivity contribution in [2.24, 2.45) is 5.41 Å². The van der Waals surface area contributed by atoms with Crippen LogP contribution in [-0.2, 0) is 16.0 Å². The summed E-state index contributed by atoms with van der Waals surface area (Å²) in [6.45, 7) is 6.00. The lowest BCUT2D eigenvalue weighted by Gasteiger charge is -2.37. The van der Waals surface area contributed by atoms with Crippen LogP contribution in [0.2, 0.25) is 0 Å². The number of likely N-dealkylation sites (tertiary alicyclic amines) is 1. The maximum absolute atomic E-state index is 12.6. The number of unbranched alkanes of at least 4 members (excludes halogenated alkanes) is 1. The number of para-hydroxylation sites is 1. The van der Waals surface area contributed by atoms with E-state index in [1.54, 1.807) is 12.0 Å². The van der Waals surface area contributed by atoms with Crippen LogP contribution in [0, 0.1) is 5.41 Å². The summed E-state index contributed by atoms with van der Waals surface area (Å²) in [4.78, 5) is 29.3. The fourth-order valence-corrected chi connectivity index (χ4v) is 5.42. The number of rotatable bonds is 12. The average Bonchev–Trinajstić information content (AvgIpc) is 3.20. The molecule has 3 rings (SSSR count). The Balaban J connectivity index is 1.38. The molecule has 172 valence electrons. The molecule has 1 aromatic rings. The number of carbonyl (C=O) groups is 2. The number of aryl methyl sites for hydroxylation is 1. The van der Waals surface area contributed by atoms with Gasteiger partial charge in [-0.15, -0.1) is 0 Å². The third-order valence-electron chi connectivity index (χ3n) is 7.08. The van der Waals surface area contributed by atoms with Gasteiger partial charge in [0, 0.05) is 19.4 Å². The molecule has 1 heterocycles. The molecule has 1 aromatic carbocycles. The Labute approximate surface area is 188 Å². The molecular formula is C26H40N2O3. The first kappa shape index (κ1) is 23.8. The summed E-state index contributed by atoms with van der Waals surface area (Å²) in [5.41, 5.74) is 1.27. The van der Waals surface area contributed by atoms with E-state index in [2.05, 4.69) is 24.0 Å². The molecule has 2 fully saturated rings. The number of hydrogen-bond acceptors (Lipinski definition) is 4. The second-order valence-electron chi connectivity index (χ2n) is 9.46. The number of methoxy groups -OCH3 is 1. The molecule has 0 radical (unpaired) electrons. The Kier molecular flexibility index (Phi) is 8.94. The molecule has 0 bridgehead atoms. The van der Waals surface area contributed by atoms with Gasteiger partial charge in [0.25, 0.3) is 0 Å². The average molecular weight is 429 g/mol.